The van der Waals surface area contributed by atoms with Crippen molar-refractivity contribution in [1.82, 2.24) is 14.9 Å². The van der Waals surface area contributed by atoms with Crippen molar-refractivity contribution in [1.29, 1.82) is 0 Å². The fourth-order valence-electron chi connectivity index (χ4n) is 3.42. The maximum absolute atomic E-state index is 12.9. The Kier molecular flexibility index (Phi) is 4.02. The molecule has 0 spiro atoms. The highest BCUT2D eigenvalue weighted by Crippen LogP contribution is 2.40. The number of rotatable bonds is 2. The SMILES string of the molecule is O=C(c1cc(Cl)c2c(c1)OCO2)N1CCN(c2ncnc3sccc23)CC1. The summed E-state index contributed by atoms with van der Waals surface area (Å²) in [5.74, 6) is 1.89. The van der Waals surface area contributed by atoms with Gasteiger partial charge in [0.25, 0.3) is 5.91 Å². The number of piperazine rings is 1. The summed E-state index contributed by atoms with van der Waals surface area (Å²) in [6.07, 6.45) is 1.60. The number of halogens is 1. The van der Waals surface area contributed by atoms with Gasteiger partial charge in [0.05, 0.1) is 10.4 Å². The van der Waals surface area contributed by atoms with E-state index in [1.54, 1.807) is 29.8 Å². The van der Waals surface area contributed by atoms with E-state index in [2.05, 4.69) is 14.9 Å². The van der Waals surface area contributed by atoms with Crippen LogP contribution >= 0.6 is 22.9 Å². The summed E-state index contributed by atoms with van der Waals surface area (Å²) in [6.45, 7) is 2.78. The first-order valence-electron chi connectivity index (χ1n) is 8.52. The fraction of sp³-hybridized carbons (Fsp3) is 0.278. The molecule has 2 aliphatic rings. The molecule has 0 bridgehead atoms. The van der Waals surface area contributed by atoms with E-state index in [1.165, 1.54) is 0 Å². The fourth-order valence-corrected chi connectivity index (χ4v) is 4.42. The number of nitrogens with zero attached hydrogens (tertiary/aromatic N) is 4. The van der Waals surface area contributed by atoms with Crippen molar-refractivity contribution in [3.05, 3.63) is 40.5 Å². The lowest BCUT2D eigenvalue weighted by molar-refractivity contribution is 0.0746. The maximum Gasteiger partial charge on any atom is 0.254 e. The van der Waals surface area contributed by atoms with Crippen molar-refractivity contribution in [2.75, 3.05) is 37.9 Å². The highest BCUT2D eigenvalue weighted by molar-refractivity contribution is 7.16. The molecule has 9 heteroatoms. The number of anilines is 1. The number of hydrogen-bond donors (Lipinski definition) is 0. The summed E-state index contributed by atoms with van der Waals surface area (Å²) in [5.41, 5.74) is 0.514. The number of thiophene rings is 1. The van der Waals surface area contributed by atoms with Gasteiger partial charge in [-0.1, -0.05) is 11.6 Å². The van der Waals surface area contributed by atoms with Gasteiger partial charge in [-0.25, -0.2) is 9.97 Å². The van der Waals surface area contributed by atoms with Gasteiger partial charge in [0.1, 0.15) is 17.0 Å². The average Bonchev–Trinajstić information content (AvgIpc) is 3.36. The molecule has 1 aromatic carbocycles. The van der Waals surface area contributed by atoms with Crippen LogP contribution in [0.15, 0.2) is 29.9 Å². The zero-order valence-corrected chi connectivity index (χ0v) is 15.8. The van der Waals surface area contributed by atoms with E-state index in [9.17, 15) is 4.79 Å². The second-order valence-electron chi connectivity index (χ2n) is 6.31. The van der Waals surface area contributed by atoms with Gasteiger partial charge in [-0.05, 0) is 23.6 Å². The topological polar surface area (TPSA) is 67.8 Å². The lowest BCUT2D eigenvalue weighted by atomic mass is 10.1. The number of ether oxygens (including phenoxy) is 2. The molecule has 1 fully saturated rings. The van der Waals surface area contributed by atoms with E-state index >= 15 is 0 Å². The van der Waals surface area contributed by atoms with Crippen LogP contribution in [0.25, 0.3) is 10.2 Å². The Morgan fingerprint density at radius 3 is 2.85 bits per heavy atom. The minimum Gasteiger partial charge on any atom is -0.454 e. The minimum atomic E-state index is -0.0572. The third-order valence-electron chi connectivity index (χ3n) is 4.78. The second-order valence-corrected chi connectivity index (χ2v) is 7.61. The molecule has 3 aromatic rings. The van der Waals surface area contributed by atoms with Gasteiger partial charge in [0.2, 0.25) is 6.79 Å². The van der Waals surface area contributed by atoms with Crippen LogP contribution in [-0.4, -0.2) is 53.7 Å². The summed E-state index contributed by atoms with van der Waals surface area (Å²) in [6, 6.07) is 5.38. The van der Waals surface area contributed by atoms with Crippen LogP contribution in [0, 0.1) is 0 Å². The highest BCUT2D eigenvalue weighted by Gasteiger charge is 2.27. The van der Waals surface area contributed by atoms with Gasteiger partial charge in [-0.15, -0.1) is 11.3 Å². The molecule has 4 heterocycles. The first-order valence-corrected chi connectivity index (χ1v) is 9.78. The number of amides is 1. The zero-order chi connectivity index (χ0) is 18.4. The molecule has 138 valence electrons. The first kappa shape index (κ1) is 16.6. The number of hydrogen-bond acceptors (Lipinski definition) is 7. The Morgan fingerprint density at radius 2 is 2.00 bits per heavy atom. The Balaban J connectivity index is 1.33. The van der Waals surface area contributed by atoms with Crippen molar-refractivity contribution in [2.45, 2.75) is 0 Å². The predicted molar refractivity (Wildman–Crippen MR) is 103 cm³/mol. The number of carbonyl (C=O) groups is 1. The summed E-state index contributed by atoms with van der Waals surface area (Å²) in [5, 5.41) is 3.48. The summed E-state index contributed by atoms with van der Waals surface area (Å²) in [7, 11) is 0. The van der Waals surface area contributed by atoms with Crippen molar-refractivity contribution in [3.8, 4) is 11.5 Å². The highest BCUT2D eigenvalue weighted by atomic mass is 35.5. The number of carbonyl (C=O) groups excluding carboxylic acids is 1. The van der Waals surface area contributed by atoms with Crippen LogP contribution in [0.2, 0.25) is 5.02 Å². The molecule has 2 aromatic heterocycles. The van der Waals surface area contributed by atoms with Crippen LogP contribution in [0.4, 0.5) is 5.82 Å². The van der Waals surface area contributed by atoms with E-state index in [1.807, 2.05) is 16.3 Å². The average molecular weight is 403 g/mol. The Bertz CT molecular complexity index is 1030. The quantitative estimate of drug-likeness (QED) is 0.656. The summed E-state index contributed by atoms with van der Waals surface area (Å²) >= 11 is 7.81. The van der Waals surface area contributed by atoms with Crippen LogP contribution in [0.1, 0.15) is 10.4 Å². The predicted octanol–water partition coefficient (Wildman–Crippen LogP) is 3.04. The normalized spacial score (nSPS) is 16.2. The van der Waals surface area contributed by atoms with Gasteiger partial charge in [0.15, 0.2) is 11.5 Å². The molecule has 0 radical (unpaired) electrons. The van der Waals surface area contributed by atoms with Crippen molar-refractivity contribution >= 4 is 44.9 Å². The first-order chi connectivity index (χ1) is 13.2. The molecule has 2 aliphatic heterocycles. The van der Waals surface area contributed by atoms with Crippen LogP contribution in [0.3, 0.4) is 0 Å². The molecule has 0 unspecified atom stereocenters. The lowest BCUT2D eigenvalue weighted by Crippen LogP contribution is -2.49. The van der Waals surface area contributed by atoms with Crippen molar-refractivity contribution in [2.24, 2.45) is 0 Å². The molecule has 1 saturated heterocycles. The van der Waals surface area contributed by atoms with E-state index in [4.69, 9.17) is 21.1 Å². The summed E-state index contributed by atoms with van der Waals surface area (Å²) < 4.78 is 10.7. The minimum absolute atomic E-state index is 0.0572. The molecular formula is C18H15ClN4O3S. The van der Waals surface area contributed by atoms with Crippen LogP contribution in [0.5, 0.6) is 11.5 Å². The van der Waals surface area contributed by atoms with Gasteiger partial charge in [-0.3, -0.25) is 4.79 Å². The lowest BCUT2D eigenvalue weighted by Gasteiger charge is -2.35. The van der Waals surface area contributed by atoms with E-state index in [0.717, 1.165) is 16.0 Å². The Hall–Kier alpha value is -2.58. The van der Waals surface area contributed by atoms with Crippen molar-refractivity contribution < 1.29 is 14.3 Å². The molecule has 7 nitrogen and oxygen atoms in total. The largest absolute Gasteiger partial charge is 0.454 e. The zero-order valence-electron chi connectivity index (χ0n) is 14.2. The smallest absolute Gasteiger partial charge is 0.254 e. The third kappa shape index (κ3) is 2.85. The number of benzene rings is 1. The number of aromatic nitrogens is 2. The molecule has 0 saturated carbocycles. The maximum atomic E-state index is 12.9. The van der Waals surface area contributed by atoms with E-state index < -0.39 is 0 Å². The molecule has 27 heavy (non-hydrogen) atoms. The van der Waals surface area contributed by atoms with Gasteiger partial charge >= 0.3 is 0 Å². The van der Waals surface area contributed by atoms with Gasteiger partial charge < -0.3 is 19.3 Å². The Labute approximate surface area is 164 Å². The van der Waals surface area contributed by atoms with Crippen LogP contribution < -0.4 is 14.4 Å². The molecular weight excluding hydrogens is 388 g/mol. The second kappa shape index (κ2) is 6.54. The molecule has 0 aliphatic carbocycles. The molecule has 0 N–H and O–H groups in total. The standard InChI is InChI=1S/C18H15ClN4O3S/c19-13-7-11(8-14-15(13)26-10-25-14)18(24)23-4-2-22(3-5-23)16-12-1-6-27-17(12)21-9-20-16/h1,6-9H,2-5,10H2. The molecule has 1 amide bonds. The Morgan fingerprint density at radius 1 is 1.15 bits per heavy atom. The van der Waals surface area contributed by atoms with Crippen LogP contribution in [-0.2, 0) is 0 Å². The number of fused-ring (bicyclic) bond motifs is 2. The molecule has 5 rings (SSSR count). The molecule has 0 atom stereocenters. The third-order valence-corrected chi connectivity index (χ3v) is 5.88. The summed E-state index contributed by atoms with van der Waals surface area (Å²) in [4.78, 5) is 26.7. The van der Waals surface area contributed by atoms with Gasteiger partial charge in [0, 0.05) is 31.7 Å². The van der Waals surface area contributed by atoms with Crippen molar-refractivity contribution in [3.63, 3.8) is 0 Å². The van der Waals surface area contributed by atoms with E-state index in [-0.39, 0.29) is 12.7 Å². The van der Waals surface area contributed by atoms with Gasteiger partial charge in [-0.2, -0.15) is 0 Å². The monoisotopic (exact) mass is 402 g/mol. The van der Waals surface area contributed by atoms with E-state index in [0.29, 0.717) is 48.3 Å².